The van der Waals surface area contributed by atoms with E-state index in [4.69, 9.17) is 5.73 Å². The van der Waals surface area contributed by atoms with Gasteiger partial charge in [0.25, 0.3) is 0 Å². The molecule has 0 aromatic heterocycles. The molecule has 0 saturated carbocycles. The van der Waals surface area contributed by atoms with Gasteiger partial charge in [-0.1, -0.05) is 60.7 Å². The van der Waals surface area contributed by atoms with Gasteiger partial charge < -0.3 is 11.1 Å². The highest BCUT2D eigenvalue weighted by Crippen LogP contribution is 2.07. The number of carbonyl (C=O) groups excluding carboxylic acids is 2. The topological polar surface area (TPSA) is 72.2 Å². The van der Waals surface area contributed by atoms with Crippen LogP contribution in [0.4, 0.5) is 0 Å². The van der Waals surface area contributed by atoms with Crippen LogP contribution < -0.4 is 11.1 Å². The summed E-state index contributed by atoms with van der Waals surface area (Å²) in [6, 6.07) is 18.9. The van der Waals surface area contributed by atoms with E-state index in [2.05, 4.69) is 5.32 Å². The molecule has 2 amide bonds. The second-order valence-electron chi connectivity index (χ2n) is 5.56. The zero-order valence-corrected chi connectivity index (χ0v) is 13.1. The highest BCUT2D eigenvalue weighted by atomic mass is 16.2. The molecule has 120 valence electrons. The lowest BCUT2D eigenvalue weighted by atomic mass is 10.0. The van der Waals surface area contributed by atoms with Gasteiger partial charge in [-0.25, -0.2) is 0 Å². The van der Waals surface area contributed by atoms with Gasteiger partial charge >= 0.3 is 0 Å². The van der Waals surface area contributed by atoms with Crippen molar-refractivity contribution in [2.24, 2.45) is 5.73 Å². The fourth-order valence-electron chi connectivity index (χ4n) is 2.47. The summed E-state index contributed by atoms with van der Waals surface area (Å²) in [6.45, 7) is 0. The Labute approximate surface area is 136 Å². The molecular weight excluding hydrogens is 288 g/mol. The summed E-state index contributed by atoms with van der Waals surface area (Å²) in [7, 11) is 0. The van der Waals surface area contributed by atoms with Gasteiger partial charge in [-0.15, -0.1) is 0 Å². The van der Waals surface area contributed by atoms with E-state index in [-0.39, 0.29) is 12.3 Å². The van der Waals surface area contributed by atoms with Crippen molar-refractivity contribution in [3.05, 3.63) is 71.8 Å². The molecule has 0 aliphatic carbocycles. The third kappa shape index (κ3) is 5.94. The Kier molecular flexibility index (Phi) is 6.36. The SMILES string of the molecule is NC(=O)[C@@H](CCCc1ccccc1)NC(=O)Cc1ccccc1. The van der Waals surface area contributed by atoms with Crippen molar-refractivity contribution in [2.75, 3.05) is 0 Å². The summed E-state index contributed by atoms with van der Waals surface area (Å²) in [4.78, 5) is 23.6. The van der Waals surface area contributed by atoms with E-state index in [1.165, 1.54) is 5.56 Å². The number of nitrogens with one attached hydrogen (secondary N) is 1. The van der Waals surface area contributed by atoms with E-state index in [1.807, 2.05) is 60.7 Å². The summed E-state index contributed by atoms with van der Waals surface area (Å²) >= 11 is 0. The predicted octanol–water partition coefficient (Wildman–Crippen LogP) is 2.22. The predicted molar refractivity (Wildman–Crippen MR) is 90.7 cm³/mol. The van der Waals surface area contributed by atoms with Crippen LogP contribution in [0.5, 0.6) is 0 Å². The Morgan fingerprint density at radius 1 is 0.913 bits per heavy atom. The molecule has 1 atom stereocenters. The van der Waals surface area contributed by atoms with Crippen LogP contribution in [0.25, 0.3) is 0 Å². The number of benzene rings is 2. The van der Waals surface area contributed by atoms with E-state index in [0.29, 0.717) is 6.42 Å². The lowest BCUT2D eigenvalue weighted by molar-refractivity contribution is -0.127. The van der Waals surface area contributed by atoms with Crippen molar-refractivity contribution >= 4 is 11.8 Å². The maximum atomic E-state index is 12.0. The molecule has 4 nitrogen and oxygen atoms in total. The van der Waals surface area contributed by atoms with Gasteiger partial charge in [0.05, 0.1) is 6.42 Å². The van der Waals surface area contributed by atoms with E-state index in [9.17, 15) is 9.59 Å². The average Bonchev–Trinajstić information content (AvgIpc) is 2.55. The van der Waals surface area contributed by atoms with Crippen molar-refractivity contribution < 1.29 is 9.59 Å². The van der Waals surface area contributed by atoms with Crippen molar-refractivity contribution in [2.45, 2.75) is 31.7 Å². The molecule has 0 aliphatic heterocycles. The molecule has 0 aliphatic rings. The first-order chi connectivity index (χ1) is 11.1. The number of hydrogen-bond acceptors (Lipinski definition) is 2. The van der Waals surface area contributed by atoms with Crippen LogP contribution in [0.1, 0.15) is 24.0 Å². The normalized spacial score (nSPS) is 11.7. The smallest absolute Gasteiger partial charge is 0.239 e. The fourth-order valence-corrected chi connectivity index (χ4v) is 2.47. The minimum Gasteiger partial charge on any atom is -0.368 e. The first-order valence-corrected chi connectivity index (χ1v) is 7.81. The Morgan fingerprint density at radius 2 is 1.48 bits per heavy atom. The maximum Gasteiger partial charge on any atom is 0.239 e. The second-order valence-corrected chi connectivity index (χ2v) is 5.56. The summed E-state index contributed by atoms with van der Waals surface area (Å²) in [5, 5.41) is 2.74. The van der Waals surface area contributed by atoms with E-state index in [1.54, 1.807) is 0 Å². The summed E-state index contributed by atoms with van der Waals surface area (Å²) in [5.41, 5.74) is 7.53. The molecule has 0 bridgehead atoms. The number of hydrogen-bond donors (Lipinski definition) is 2. The van der Waals surface area contributed by atoms with E-state index >= 15 is 0 Å². The quantitative estimate of drug-likeness (QED) is 0.785. The Hall–Kier alpha value is -2.62. The minimum absolute atomic E-state index is 0.181. The number of nitrogens with two attached hydrogens (primary N) is 1. The molecule has 23 heavy (non-hydrogen) atoms. The Morgan fingerprint density at radius 3 is 2.04 bits per heavy atom. The number of carbonyl (C=O) groups is 2. The number of aryl methyl sites for hydroxylation is 1. The van der Waals surface area contributed by atoms with Crippen LogP contribution in [-0.2, 0) is 22.4 Å². The van der Waals surface area contributed by atoms with Gasteiger partial charge in [-0.2, -0.15) is 0 Å². The van der Waals surface area contributed by atoms with Crippen molar-refractivity contribution in [1.29, 1.82) is 0 Å². The van der Waals surface area contributed by atoms with Crippen LogP contribution in [-0.4, -0.2) is 17.9 Å². The highest BCUT2D eigenvalue weighted by molar-refractivity contribution is 5.87. The zero-order valence-electron chi connectivity index (χ0n) is 13.1. The third-order valence-corrected chi connectivity index (χ3v) is 3.69. The van der Waals surface area contributed by atoms with E-state index in [0.717, 1.165) is 18.4 Å². The van der Waals surface area contributed by atoms with Gasteiger partial charge in [0.15, 0.2) is 0 Å². The average molecular weight is 310 g/mol. The Bertz CT molecular complexity index is 626. The lowest BCUT2D eigenvalue weighted by Gasteiger charge is -2.15. The first kappa shape index (κ1) is 16.7. The molecule has 0 radical (unpaired) electrons. The fraction of sp³-hybridized carbons (Fsp3) is 0.263. The molecule has 0 spiro atoms. The molecule has 2 rings (SSSR count). The molecule has 4 heteroatoms. The largest absolute Gasteiger partial charge is 0.368 e. The van der Waals surface area contributed by atoms with Crippen molar-refractivity contribution in [1.82, 2.24) is 5.32 Å². The minimum atomic E-state index is -0.616. The molecule has 3 N–H and O–H groups in total. The van der Waals surface area contributed by atoms with Gasteiger partial charge in [0.1, 0.15) is 6.04 Å². The van der Waals surface area contributed by atoms with Gasteiger partial charge in [-0.05, 0) is 30.4 Å². The molecule has 0 heterocycles. The zero-order chi connectivity index (χ0) is 16.5. The summed E-state index contributed by atoms with van der Waals surface area (Å²) in [6.07, 6.45) is 2.45. The van der Waals surface area contributed by atoms with Crippen molar-refractivity contribution in [3.8, 4) is 0 Å². The monoisotopic (exact) mass is 310 g/mol. The second kappa shape index (κ2) is 8.73. The van der Waals surface area contributed by atoms with Gasteiger partial charge in [0, 0.05) is 0 Å². The molecule has 0 unspecified atom stereocenters. The maximum absolute atomic E-state index is 12.0. The van der Waals surface area contributed by atoms with Crippen LogP contribution >= 0.6 is 0 Å². The number of primary amides is 1. The van der Waals surface area contributed by atoms with Crippen LogP contribution in [0.2, 0.25) is 0 Å². The third-order valence-electron chi connectivity index (χ3n) is 3.69. The van der Waals surface area contributed by atoms with Crippen molar-refractivity contribution in [3.63, 3.8) is 0 Å². The number of rotatable bonds is 8. The van der Waals surface area contributed by atoms with Crippen LogP contribution in [0.3, 0.4) is 0 Å². The molecule has 0 saturated heterocycles. The summed E-state index contributed by atoms with van der Waals surface area (Å²) in [5.74, 6) is -0.667. The highest BCUT2D eigenvalue weighted by Gasteiger charge is 2.17. The van der Waals surface area contributed by atoms with Crippen LogP contribution in [0, 0.1) is 0 Å². The molecule has 2 aromatic carbocycles. The van der Waals surface area contributed by atoms with Crippen LogP contribution in [0.15, 0.2) is 60.7 Å². The summed E-state index contributed by atoms with van der Waals surface area (Å²) < 4.78 is 0. The van der Waals surface area contributed by atoms with E-state index < -0.39 is 11.9 Å². The van der Waals surface area contributed by atoms with Gasteiger partial charge in [0.2, 0.25) is 11.8 Å². The molecular formula is C19H22N2O2. The first-order valence-electron chi connectivity index (χ1n) is 7.81. The van der Waals surface area contributed by atoms with Gasteiger partial charge in [-0.3, -0.25) is 9.59 Å². The standard InChI is InChI=1S/C19H22N2O2/c20-19(23)17(13-7-12-15-8-3-1-4-9-15)21-18(22)14-16-10-5-2-6-11-16/h1-6,8-11,17H,7,12-14H2,(H2,20,23)(H,21,22)/t17-/m1/s1. The Balaban J connectivity index is 1.81. The molecule has 0 fully saturated rings. The number of amides is 2. The molecule has 2 aromatic rings. The lowest BCUT2D eigenvalue weighted by Crippen LogP contribution is -2.45.